The van der Waals surface area contributed by atoms with Crippen LogP contribution in [0.1, 0.15) is 103 Å². The van der Waals surface area contributed by atoms with Crippen LogP contribution in [0.15, 0.2) is 79.4 Å². The van der Waals surface area contributed by atoms with Gasteiger partial charge in [-0.2, -0.15) is 0 Å². The normalized spacial score (nSPS) is 11.1. The van der Waals surface area contributed by atoms with Crippen molar-refractivity contribution in [1.82, 2.24) is 0 Å². The minimum Gasteiger partial charge on any atom is -0.0991 e. The summed E-state index contributed by atoms with van der Waals surface area (Å²) < 4.78 is 0. The summed E-state index contributed by atoms with van der Waals surface area (Å²) in [5.41, 5.74) is 10.5. The number of aryl methyl sites for hydroxylation is 2. The molecule has 2 rings (SSSR count). The van der Waals surface area contributed by atoms with Gasteiger partial charge in [0.2, 0.25) is 0 Å². The highest BCUT2D eigenvalue weighted by atomic mass is 14.2. The zero-order valence-corrected chi connectivity index (χ0v) is 24.4. The minimum absolute atomic E-state index is 0.275. The Labute approximate surface area is 213 Å². The van der Waals surface area contributed by atoms with Gasteiger partial charge in [-0.15, -0.1) is 0 Å². The molecule has 34 heavy (non-hydrogen) atoms. The Morgan fingerprint density at radius 3 is 1.59 bits per heavy atom. The third-order valence-corrected chi connectivity index (χ3v) is 4.97. The van der Waals surface area contributed by atoms with Gasteiger partial charge >= 0.3 is 0 Å². The molecule has 0 aromatic heterocycles. The van der Waals surface area contributed by atoms with E-state index in [1.807, 2.05) is 26.8 Å². The largest absolute Gasteiger partial charge is 0.0991 e. The molecule has 0 spiro atoms. The van der Waals surface area contributed by atoms with Crippen molar-refractivity contribution in [2.45, 2.75) is 94.9 Å². The van der Waals surface area contributed by atoms with Crippen LogP contribution in [0, 0.1) is 13.8 Å². The molecule has 0 aliphatic carbocycles. The molecule has 0 heteroatoms. The van der Waals surface area contributed by atoms with Crippen LogP contribution in [-0.2, 0) is 5.41 Å². The van der Waals surface area contributed by atoms with E-state index in [4.69, 9.17) is 0 Å². The van der Waals surface area contributed by atoms with E-state index >= 15 is 0 Å². The second kappa shape index (κ2) is 17.8. The first-order valence-electron chi connectivity index (χ1n) is 12.7. The maximum absolute atomic E-state index is 3.94. The van der Waals surface area contributed by atoms with Crippen molar-refractivity contribution in [3.63, 3.8) is 0 Å². The Balaban J connectivity index is 0. The highest BCUT2D eigenvalue weighted by Crippen LogP contribution is 2.24. The number of hydrogen-bond donors (Lipinski definition) is 0. The highest BCUT2D eigenvalue weighted by molar-refractivity contribution is 5.71. The molecule has 2 aromatic carbocycles. The quantitative estimate of drug-likeness (QED) is 0.398. The minimum atomic E-state index is 0.275. The van der Waals surface area contributed by atoms with E-state index in [0.717, 1.165) is 5.57 Å². The van der Waals surface area contributed by atoms with Gasteiger partial charge in [-0.1, -0.05) is 145 Å². The fourth-order valence-electron chi connectivity index (χ4n) is 2.98. The Kier molecular flexibility index (Phi) is 17.6. The predicted molar refractivity (Wildman–Crippen MR) is 161 cm³/mol. The van der Waals surface area contributed by atoms with Crippen LogP contribution >= 0.6 is 0 Å². The molecule has 0 unspecified atom stereocenters. The van der Waals surface area contributed by atoms with E-state index in [9.17, 15) is 0 Å². The predicted octanol–water partition coefficient (Wildman–Crippen LogP) is 11.3. The van der Waals surface area contributed by atoms with Crippen LogP contribution < -0.4 is 0 Å². The topological polar surface area (TPSA) is 0 Å². The zero-order valence-electron chi connectivity index (χ0n) is 24.4. The third kappa shape index (κ3) is 13.8. The lowest BCUT2D eigenvalue weighted by molar-refractivity contribution is 0.589. The Hall–Kier alpha value is -2.60. The van der Waals surface area contributed by atoms with Gasteiger partial charge in [-0.25, -0.2) is 0 Å². The standard InChI is InChI=1S/C17H20.C12H18.C3H8.C2H6/c1-6-7-8-14(4)15(5)17-11-9-16(10-12-17)13(2)3;1-9-6-10(2)8-11(7-9)12(3,4)5;1-3-2;1-2/h6-12H,1-2H2,3-5H3;6-8H,1-5H3;3H2,1-2H3;1-2H3/b8-7-,15-14+;;;. The number of benzene rings is 2. The van der Waals surface area contributed by atoms with Crippen molar-refractivity contribution in [1.29, 1.82) is 0 Å². The molecule has 0 amide bonds. The van der Waals surface area contributed by atoms with Gasteiger partial charge in [0.15, 0.2) is 0 Å². The molecule has 0 nitrogen and oxygen atoms in total. The van der Waals surface area contributed by atoms with Crippen LogP contribution in [-0.4, -0.2) is 0 Å². The second-order valence-electron chi connectivity index (χ2n) is 9.59. The smallest absolute Gasteiger partial charge is 0.0132 e. The summed E-state index contributed by atoms with van der Waals surface area (Å²) in [4.78, 5) is 0. The summed E-state index contributed by atoms with van der Waals surface area (Å²) in [5, 5.41) is 0. The first kappa shape index (κ1) is 33.6. The first-order chi connectivity index (χ1) is 15.9. The van der Waals surface area contributed by atoms with Crippen molar-refractivity contribution in [3.8, 4) is 0 Å². The zero-order chi connectivity index (χ0) is 26.9. The van der Waals surface area contributed by atoms with E-state index < -0.39 is 0 Å². The van der Waals surface area contributed by atoms with Crippen molar-refractivity contribution in [2.24, 2.45) is 0 Å². The van der Waals surface area contributed by atoms with Gasteiger partial charge in [0, 0.05) is 0 Å². The van der Waals surface area contributed by atoms with Crippen LogP contribution in [0.4, 0.5) is 0 Å². The van der Waals surface area contributed by atoms with Crippen LogP contribution in [0.5, 0.6) is 0 Å². The molecule has 0 fully saturated rings. The number of allylic oxidation sites excluding steroid dienone is 6. The molecular formula is C34H52. The third-order valence-electron chi connectivity index (χ3n) is 4.97. The van der Waals surface area contributed by atoms with Gasteiger partial charge in [0.1, 0.15) is 0 Å². The van der Waals surface area contributed by atoms with E-state index in [0.29, 0.717) is 0 Å². The fourth-order valence-corrected chi connectivity index (χ4v) is 2.98. The Morgan fingerprint density at radius 1 is 0.824 bits per heavy atom. The van der Waals surface area contributed by atoms with Gasteiger partial charge in [0.25, 0.3) is 0 Å². The first-order valence-corrected chi connectivity index (χ1v) is 12.7. The fraction of sp³-hybridized carbons (Fsp3) is 0.412. The summed E-state index contributed by atoms with van der Waals surface area (Å²) in [5.74, 6) is 0. The average Bonchev–Trinajstić information content (AvgIpc) is 2.78. The summed E-state index contributed by atoms with van der Waals surface area (Å²) in [6, 6.07) is 15.3. The van der Waals surface area contributed by atoms with Crippen molar-refractivity contribution < 1.29 is 0 Å². The monoisotopic (exact) mass is 460 g/mol. The van der Waals surface area contributed by atoms with E-state index in [1.54, 1.807) is 6.08 Å². The van der Waals surface area contributed by atoms with Crippen molar-refractivity contribution in [3.05, 3.63) is 107 Å². The molecule has 0 saturated carbocycles. The van der Waals surface area contributed by atoms with Gasteiger partial charge in [-0.3, -0.25) is 0 Å². The SMILES string of the molecule is C=C/C=C\C(C)=C(/C)c1ccc(C(=C)C)cc1.CC.CCC.Cc1cc(C)cc(C(C)(C)C)c1. The lowest BCUT2D eigenvalue weighted by atomic mass is 9.85. The number of rotatable bonds is 4. The lowest BCUT2D eigenvalue weighted by Crippen LogP contribution is -2.11. The van der Waals surface area contributed by atoms with E-state index in [1.165, 1.54) is 45.4 Å². The van der Waals surface area contributed by atoms with Crippen LogP contribution in [0.25, 0.3) is 11.1 Å². The average molecular weight is 461 g/mol. The molecule has 0 heterocycles. The van der Waals surface area contributed by atoms with Gasteiger partial charge in [0.05, 0.1) is 0 Å². The van der Waals surface area contributed by atoms with Gasteiger partial charge < -0.3 is 0 Å². The van der Waals surface area contributed by atoms with Crippen LogP contribution in [0.3, 0.4) is 0 Å². The molecule has 0 atom stereocenters. The van der Waals surface area contributed by atoms with Crippen molar-refractivity contribution in [2.75, 3.05) is 0 Å². The van der Waals surface area contributed by atoms with Crippen molar-refractivity contribution >= 4 is 11.1 Å². The molecule has 0 saturated heterocycles. The molecule has 0 N–H and O–H groups in total. The molecular weight excluding hydrogens is 408 g/mol. The molecule has 0 bridgehead atoms. The summed E-state index contributed by atoms with van der Waals surface area (Å²) >= 11 is 0. The summed E-state index contributed by atoms with van der Waals surface area (Å²) in [7, 11) is 0. The second-order valence-corrected chi connectivity index (χ2v) is 9.59. The molecule has 2 aromatic rings. The summed E-state index contributed by atoms with van der Waals surface area (Å²) in [6.45, 7) is 33.2. The molecule has 188 valence electrons. The maximum atomic E-state index is 3.94. The Bertz CT molecular complexity index is 889. The van der Waals surface area contributed by atoms with Gasteiger partial charge in [-0.05, 0) is 67.9 Å². The number of hydrogen-bond acceptors (Lipinski definition) is 0. The summed E-state index contributed by atoms with van der Waals surface area (Å²) in [6.07, 6.45) is 7.08. The lowest BCUT2D eigenvalue weighted by Gasteiger charge is -2.20. The highest BCUT2D eigenvalue weighted by Gasteiger charge is 2.13. The molecule has 0 radical (unpaired) electrons. The maximum Gasteiger partial charge on any atom is -0.0132 e. The van der Waals surface area contributed by atoms with E-state index in [2.05, 4.69) is 124 Å². The van der Waals surface area contributed by atoms with Crippen LogP contribution in [0.2, 0.25) is 0 Å². The Morgan fingerprint density at radius 2 is 1.24 bits per heavy atom. The molecule has 0 aliphatic heterocycles. The van der Waals surface area contributed by atoms with E-state index in [-0.39, 0.29) is 5.41 Å². The molecule has 0 aliphatic rings.